The molecule has 2 N–H and O–H groups in total. The van der Waals surface area contributed by atoms with Gasteiger partial charge in [0.1, 0.15) is 17.1 Å². The quantitative estimate of drug-likeness (QED) is 0.126. The van der Waals surface area contributed by atoms with Crippen molar-refractivity contribution in [2.24, 2.45) is 0 Å². The number of anilines is 4. The molecule has 0 fully saturated rings. The molecule has 0 spiro atoms. The Balaban J connectivity index is 1.47. The van der Waals surface area contributed by atoms with E-state index in [0.29, 0.717) is 41.9 Å². The number of ether oxygens (including phenoxy) is 2. The van der Waals surface area contributed by atoms with Crippen molar-refractivity contribution in [3.8, 4) is 16.9 Å². The molecule has 0 aliphatic carbocycles. The molecule has 17 heteroatoms. The van der Waals surface area contributed by atoms with Gasteiger partial charge in [0.25, 0.3) is 5.91 Å². The zero-order chi connectivity index (χ0) is 35.3. The fourth-order valence-corrected chi connectivity index (χ4v) is 7.10. The minimum atomic E-state index is -4.81. The van der Waals surface area contributed by atoms with Gasteiger partial charge < -0.3 is 34.1 Å². The van der Waals surface area contributed by atoms with Gasteiger partial charge in [-0.25, -0.2) is 4.98 Å². The van der Waals surface area contributed by atoms with Gasteiger partial charge in [0.05, 0.1) is 62.8 Å². The second-order valence-electron chi connectivity index (χ2n) is 11.0. The summed E-state index contributed by atoms with van der Waals surface area (Å²) in [5.74, 6) is -0.784. The number of carbonyl (C=O) groups excluding carboxylic acids is 1. The molecule has 5 rings (SSSR count). The average Bonchev–Trinajstić information content (AvgIpc) is 3.64. The highest BCUT2D eigenvalue weighted by Crippen LogP contribution is 2.52. The Labute approximate surface area is 281 Å². The fourth-order valence-electron chi connectivity index (χ4n) is 5.42. The number of nitrogens with zero attached hydrogens (tertiary/aromatic N) is 5. The van der Waals surface area contributed by atoms with Crippen LogP contribution in [0.4, 0.5) is 36.3 Å². The van der Waals surface area contributed by atoms with Crippen molar-refractivity contribution in [1.29, 1.82) is 0 Å². The standard InChI is InChI=1S/C32H37F3N7O6P/c1-6-47-49(44,48-7-2)19-20-8-10-25(27(14-20)46-5)39-31-36-16-24(32(33,34)35)29(40-31)38-26-11-9-22(23-18-41(3)30(43)28(23)26)21-15-37-42(17-21)12-13-45-4/h8-11,14-17H,6-7,12-13,18-19H2,1-5H3,(H2,36,38,39,40). The number of benzene rings is 2. The summed E-state index contributed by atoms with van der Waals surface area (Å²) >= 11 is 0. The van der Waals surface area contributed by atoms with E-state index in [1.807, 2.05) is 6.20 Å². The molecule has 1 aliphatic rings. The summed E-state index contributed by atoms with van der Waals surface area (Å²) in [6.45, 7) is 5.08. The van der Waals surface area contributed by atoms with Gasteiger partial charge in [-0.05, 0) is 48.7 Å². The van der Waals surface area contributed by atoms with Crippen molar-refractivity contribution in [2.75, 3.05) is 51.7 Å². The van der Waals surface area contributed by atoms with Crippen LogP contribution >= 0.6 is 7.60 Å². The van der Waals surface area contributed by atoms with Gasteiger partial charge in [-0.1, -0.05) is 12.1 Å². The third-order valence-electron chi connectivity index (χ3n) is 7.62. The molecule has 0 saturated heterocycles. The first-order chi connectivity index (χ1) is 23.4. The number of aromatic nitrogens is 4. The number of halogens is 3. The molecule has 0 atom stereocenters. The summed E-state index contributed by atoms with van der Waals surface area (Å²) in [6.07, 6.45) is -0.663. The van der Waals surface area contributed by atoms with E-state index in [1.165, 1.54) is 12.0 Å². The van der Waals surface area contributed by atoms with Crippen LogP contribution in [-0.2, 0) is 43.8 Å². The van der Waals surface area contributed by atoms with E-state index in [0.717, 1.165) is 11.1 Å². The Kier molecular flexibility index (Phi) is 10.9. The maximum absolute atomic E-state index is 14.2. The van der Waals surface area contributed by atoms with Crippen molar-refractivity contribution in [1.82, 2.24) is 24.6 Å². The van der Waals surface area contributed by atoms with Gasteiger partial charge in [0.2, 0.25) is 5.95 Å². The van der Waals surface area contributed by atoms with Crippen molar-refractivity contribution < 1.29 is 41.1 Å². The maximum atomic E-state index is 14.2. The molecule has 13 nitrogen and oxygen atoms in total. The Morgan fingerprint density at radius 1 is 1.02 bits per heavy atom. The molecule has 49 heavy (non-hydrogen) atoms. The molecule has 0 saturated carbocycles. The normalized spacial score (nSPS) is 13.1. The second kappa shape index (κ2) is 14.9. The SMILES string of the molecule is CCOP(=O)(Cc1ccc(Nc2ncc(C(F)(F)F)c(Nc3ccc(-c4cnn(CCOC)c4)c4c3C(=O)N(C)C4)n2)c(OC)c1)OCC. The van der Waals surface area contributed by atoms with Gasteiger partial charge in [-0.2, -0.15) is 23.3 Å². The second-order valence-corrected chi connectivity index (χ2v) is 13.1. The van der Waals surface area contributed by atoms with Crippen molar-refractivity contribution >= 4 is 36.6 Å². The van der Waals surface area contributed by atoms with Crippen molar-refractivity contribution in [3.05, 3.63) is 71.2 Å². The number of carbonyl (C=O) groups is 1. The summed E-state index contributed by atoms with van der Waals surface area (Å²) in [5, 5.41) is 10.0. The van der Waals surface area contributed by atoms with E-state index in [1.54, 1.807) is 69.2 Å². The van der Waals surface area contributed by atoms with E-state index in [4.69, 9.17) is 18.5 Å². The van der Waals surface area contributed by atoms with Crippen LogP contribution in [0.15, 0.2) is 48.9 Å². The molecule has 0 radical (unpaired) electrons. The molecule has 3 heterocycles. The van der Waals surface area contributed by atoms with E-state index in [9.17, 15) is 22.5 Å². The Bertz CT molecular complexity index is 1860. The maximum Gasteiger partial charge on any atom is 0.421 e. The molecule has 1 aliphatic heterocycles. The van der Waals surface area contributed by atoms with Gasteiger partial charge >= 0.3 is 13.8 Å². The van der Waals surface area contributed by atoms with Crippen LogP contribution in [0.5, 0.6) is 5.75 Å². The molecule has 2 aromatic heterocycles. The lowest BCUT2D eigenvalue weighted by Gasteiger charge is -2.19. The molecule has 2 aromatic carbocycles. The Hall–Kier alpha value is -4.50. The third-order valence-corrected chi connectivity index (χ3v) is 9.68. The lowest BCUT2D eigenvalue weighted by Crippen LogP contribution is -2.18. The van der Waals surface area contributed by atoms with Gasteiger partial charge in [0, 0.05) is 38.7 Å². The van der Waals surface area contributed by atoms with Gasteiger partial charge in [-0.15, -0.1) is 0 Å². The molecular formula is C32H37F3N7O6P. The van der Waals surface area contributed by atoms with Crippen molar-refractivity contribution in [2.45, 2.75) is 39.3 Å². The van der Waals surface area contributed by atoms with E-state index < -0.39 is 25.2 Å². The van der Waals surface area contributed by atoms with Crippen LogP contribution in [0.2, 0.25) is 0 Å². The predicted molar refractivity (Wildman–Crippen MR) is 176 cm³/mol. The summed E-state index contributed by atoms with van der Waals surface area (Å²) in [7, 11) is 1.22. The summed E-state index contributed by atoms with van der Waals surface area (Å²) in [6, 6.07) is 8.17. The summed E-state index contributed by atoms with van der Waals surface area (Å²) in [4.78, 5) is 22.9. The monoisotopic (exact) mass is 703 g/mol. The average molecular weight is 704 g/mol. The first-order valence-electron chi connectivity index (χ1n) is 15.4. The molecular weight excluding hydrogens is 666 g/mol. The Morgan fingerprint density at radius 2 is 1.76 bits per heavy atom. The van der Waals surface area contributed by atoms with Crippen LogP contribution in [0.25, 0.3) is 11.1 Å². The lowest BCUT2D eigenvalue weighted by molar-refractivity contribution is -0.137. The van der Waals surface area contributed by atoms with Crippen LogP contribution < -0.4 is 15.4 Å². The zero-order valence-corrected chi connectivity index (χ0v) is 28.5. The molecule has 0 unspecified atom stereocenters. The van der Waals surface area contributed by atoms with E-state index >= 15 is 0 Å². The first kappa shape index (κ1) is 35.8. The highest BCUT2D eigenvalue weighted by Gasteiger charge is 2.37. The van der Waals surface area contributed by atoms with Crippen LogP contribution in [0.1, 0.15) is 40.9 Å². The highest BCUT2D eigenvalue weighted by atomic mass is 31.2. The first-order valence-corrected chi connectivity index (χ1v) is 17.1. The fraction of sp³-hybridized carbons (Fsp3) is 0.375. The topological polar surface area (TPSA) is 142 Å². The predicted octanol–water partition coefficient (Wildman–Crippen LogP) is 6.85. The van der Waals surface area contributed by atoms with Gasteiger partial charge in [0.15, 0.2) is 0 Å². The van der Waals surface area contributed by atoms with Crippen LogP contribution in [-0.4, -0.2) is 71.6 Å². The number of amides is 1. The molecule has 1 amide bonds. The van der Waals surface area contributed by atoms with Crippen molar-refractivity contribution in [3.63, 3.8) is 0 Å². The molecule has 4 aromatic rings. The number of nitrogens with one attached hydrogen (secondary N) is 2. The van der Waals surface area contributed by atoms with E-state index in [-0.39, 0.29) is 49.0 Å². The number of fused-ring (bicyclic) bond motifs is 1. The number of hydrogen-bond donors (Lipinski definition) is 2. The third kappa shape index (κ3) is 8.05. The molecule has 262 valence electrons. The smallest absolute Gasteiger partial charge is 0.421 e. The van der Waals surface area contributed by atoms with Crippen LogP contribution in [0, 0.1) is 0 Å². The minimum Gasteiger partial charge on any atom is -0.495 e. The minimum absolute atomic E-state index is 0.0106. The molecule has 0 bridgehead atoms. The lowest BCUT2D eigenvalue weighted by atomic mass is 9.97. The number of alkyl halides is 3. The number of methoxy groups -OCH3 is 2. The van der Waals surface area contributed by atoms with Gasteiger partial charge in [-0.3, -0.25) is 14.0 Å². The summed E-state index contributed by atoms with van der Waals surface area (Å²) in [5.41, 5.74) is 2.34. The Morgan fingerprint density at radius 3 is 2.43 bits per heavy atom. The highest BCUT2D eigenvalue weighted by molar-refractivity contribution is 7.53. The largest absolute Gasteiger partial charge is 0.495 e. The van der Waals surface area contributed by atoms with E-state index in [2.05, 4.69) is 25.7 Å². The number of rotatable bonds is 15. The summed E-state index contributed by atoms with van der Waals surface area (Å²) < 4.78 is 78.8. The zero-order valence-electron chi connectivity index (χ0n) is 27.6. The number of hydrogen-bond acceptors (Lipinski definition) is 11. The van der Waals surface area contributed by atoms with Crippen LogP contribution in [0.3, 0.4) is 0 Å².